The van der Waals surface area contributed by atoms with Crippen molar-refractivity contribution in [1.29, 1.82) is 0 Å². The zero-order valence-electron chi connectivity index (χ0n) is 15.9. The van der Waals surface area contributed by atoms with Gasteiger partial charge in [0.05, 0.1) is 46.7 Å². The maximum Gasteiger partial charge on any atom is 0.422 e. The number of carbonyl (C=O) groups is 1. The first kappa shape index (κ1) is 23.4. The summed E-state index contributed by atoms with van der Waals surface area (Å²) in [6, 6.07) is 5.01. The van der Waals surface area contributed by atoms with E-state index in [-0.39, 0.29) is 22.0 Å². The molecule has 3 aromatic rings. The number of benzene rings is 2. The van der Waals surface area contributed by atoms with Crippen LogP contribution in [0.5, 0.6) is 5.75 Å². The topological polar surface area (TPSA) is 84.3 Å². The third-order valence-electron chi connectivity index (χ3n) is 4.03. The first-order chi connectivity index (χ1) is 15.1. The van der Waals surface area contributed by atoms with E-state index in [9.17, 15) is 26.7 Å². The lowest BCUT2D eigenvalue weighted by Crippen LogP contribution is -2.22. The van der Waals surface area contributed by atoms with E-state index < -0.39 is 53.9 Å². The molecule has 0 fully saturated rings. The van der Waals surface area contributed by atoms with Crippen LogP contribution in [0.4, 0.5) is 27.6 Å². The summed E-state index contributed by atoms with van der Waals surface area (Å²) >= 11 is 5.84. The third-order valence-corrected chi connectivity index (χ3v) is 4.34. The number of nitrogens with zero attached hydrogens (tertiary/aromatic N) is 2. The molecule has 12 heteroatoms. The van der Waals surface area contributed by atoms with Crippen molar-refractivity contribution in [3.8, 4) is 17.0 Å². The number of nitrogens with one attached hydrogen (secondary N) is 1. The monoisotopic (exact) mass is 473 g/mol. The normalized spacial score (nSPS) is 11.3. The molecule has 1 amide bonds. The van der Waals surface area contributed by atoms with Gasteiger partial charge in [0.15, 0.2) is 6.61 Å². The molecule has 168 valence electrons. The number of aliphatic hydroxyl groups is 1. The van der Waals surface area contributed by atoms with Gasteiger partial charge in [-0.1, -0.05) is 17.7 Å². The van der Waals surface area contributed by atoms with E-state index in [0.29, 0.717) is 6.07 Å². The van der Waals surface area contributed by atoms with E-state index in [4.69, 9.17) is 21.4 Å². The zero-order valence-corrected chi connectivity index (χ0v) is 16.6. The lowest BCUT2D eigenvalue weighted by molar-refractivity contribution is -0.153. The van der Waals surface area contributed by atoms with Gasteiger partial charge >= 0.3 is 6.18 Å². The second-order valence-electron chi connectivity index (χ2n) is 6.34. The van der Waals surface area contributed by atoms with Crippen LogP contribution in [0.3, 0.4) is 0 Å². The van der Waals surface area contributed by atoms with Crippen LogP contribution in [0.1, 0.15) is 16.1 Å². The van der Waals surface area contributed by atoms with E-state index in [1.165, 1.54) is 18.3 Å². The third kappa shape index (κ3) is 5.48. The van der Waals surface area contributed by atoms with Gasteiger partial charge in [-0.3, -0.25) is 9.78 Å². The summed E-state index contributed by atoms with van der Waals surface area (Å²) < 4.78 is 71.6. The molecular weight excluding hydrogens is 461 g/mol. The number of hydrogen-bond acceptors (Lipinski definition) is 5. The Bertz CT molecular complexity index is 1140. The largest absolute Gasteiger partial charge is 0.483 e. The lowest BCUT2D eigenvalue weighted by Gasteiger charge is -2.16. The molecule has 0 bridgehead atoms. The number of halogens is 6. The fourth-order valence-electron chi connectivity index (χ4n) is 2.62. The molecule has 0 aliphatic rings. The number of rotatable bonds is 6. The fourth-order valence-corrected chi connectivity index (χ4v) is 2.83. The van der Waals surface area contributed by atoms with Crippen LogP contribution in [0, 0.1) is 11.6 Å². The van der Waals surface area contributed by atoms with Gasteiger partial charge in [-0.05, 0) is 24.3 Å². The summed E-state index contributed by atoms with van der Waals surface area (Å²) in [5.74, 6) is -3.75. The standard InChI is InChI=1S/C20H13ClF5N3O3/c21-13-2-1-3-14(22)18(13)29-19(31)12-4-15(23)11(5-17(12)32-9-20(24,25)26)16-7-27-6-10(8-30)28-16/h1-7,30H,8-9H2,(H,29,31). The zero-order chi connectivity index (χ0) is 23.5. The second-order valence-corrected chi connectivity index (χ2v) is 6.74. The van der Waals surface area contributed by atoms with Gasteiger partial charge in [0.25, 0.3) is 5.91 Å². The average molecular weight is 474 g/mol. The van der Waals surface area contributed by atoms with Crippen LogP contribution in [-0.2, 0) is 6.61 Å². The summed E-state index contributed by atoms with van der Waals surface area (Å²) in [5.41, 5.74) is -1.44. The second kappa shape index (κ2) is 9.45. The molecule has 6 nitrogen and oxygen atoms in total. The molecule has 0 radical (unpaired) electrons. The van der Waals surface area contributed by atoms with Gasteiger partial charge in [0.2, 0.25) is 0 Å². The molecule has 0 atom stereocenters. The number of ether oxygens (including phenoxy) is 1. The summed E-state index contributed by atoms with van der Waals surface area (Å²) in [5, 5.41) is 11.1. The molecule has 2 aromatic carbocycles. The van der Waals surface area contributed by atoms with Crippen molar-refractivity contribution in [2.24, 2.45) is 0 Å². The number of amides is 1. The quantitative estimate of drug-likeness (QED) is 0.504. The highest BCUT2D eigenvalue weighted by Crippen LogP contribution is 2.32. The van der Waals surface area contributed by atoms with Crippen molar-refractivity contribution in [2.45, 2.75) is 12.8 Å². The average Bonchev–Trinajstić information content (AvgIpc) is 2.74. The van der Waals surface area contributed by atoms with Crippen LogP contribution in [0.25, 0.3) is 11.3 Å². The van der Waals surface area contributed by atoms with E-state index in [1.807, 2.05) is 0 Å². The molecule has 32 heavy (non-hydrogen) atoms. The fraction of sp³-hybridized carbons (Fsp3) is 0.150. The number of aromatic nitrogens is 2. The molecule has 0 aliphatic heterocycles. The molecule has 0 aliphatic carbocycles. The minimum atomic E-state index is -4.76. The number of para-hydroxylation sites is 1. The number of anilines is 1. The first-order valence-electron chi connectivity index (χ1n) is 8.79. The minimum absolute atomic E-state index is 0.0793. The Morgan fingerprint density at radius 3 is 2.56 bits per heavy atom. The Labute approximate surface area is 182 Å². The van der Waals surface area contributed by atoms with Crippen molar-refractivity contribution in [2.75, 3.05) is 11.9 Å². The van der Waals surface area contributed by atoms with Gasteiger partial charge < -0.3 is 15.2 Å². The highest BCUT2D eigenvalue weighted by atomic mass is 35.5. The van der Waals surface area contributed by atoms with E-state index in [2.05, 4.69) is 15.3 Å². The predicted molar refractivity (Wildman–Crippen MR) is 104 cm³/mol. The Hall–Kier alpha value is -3.31. The van der Waals surface area contributed by atoms with Crippen molar-refractivity contribution < 1.29 is 36.6 Å². The van der Waals surface area contributed by atoms with Crippen molar-refractivity contribution in [3.63, 3.8) is 0 Å². The molecule has 0 unspecified atom stereocenters. The van der Waals surface area contributed by atoms with Crippen molar-refractivity contribution in [1.82, 2.24) is 9.97 Å². The summed E-state index contributed by atoms with van der Waals surface area (Å²) in [4.78, 5) is 20.4. The molecule has 0 saturated carbocycles. The molecule has 1 heterocycles. The van der Waals surface area contributed by atoms with Crippen LogP contribution in [-0.4, -0.2) is 33.8 Å². The van der Waals surface area contributed by atoms with Gasteiger partial charge in [0.1, 0.15) is 17.4 Å². The highest BCUT2D eigenvalue weighted by Gasteiger charge is 2.30. The van der Waals surface area contributed by atoms with Crippen LogP contribution < -0.4 is 10.1 Å². The van der Waals surface area contributed by atoms with Crippen LogP contribution in [0.2, 0.25) is 5.02 Å². The smallest absolute Gasteiger partial charge is 0.422 e. The van der Waals surface area contributed by atoms with Gasteiger partial charge in [-0.15, -0.1) is 0 Å². The van der Waals surface area contributed by atoms with E-state index in [1.54, 1.807) is 0 Å². The number of hydrogen-bond donors (Lipinski definition) is 2. The van der Waals surface area contributed by atoms with E-state index >= 15 is 0 Å². The van der Waals surface area contributed by atoms with Gasteiger partial charge in [-0.25, -0.2) is 13.8 Å². The molecular formula is C20H13ClF5N3O3. The molecule has 0 spiro atoms. The molecule has 1 aromatic heterocycles. The number of carbonyl (C=O) groups excluding carboxylic acids is 1. The number of alkyl halides is 3. The predicted octanol–water partition coefficient (Wildman–Crippen LogP) is 4.76. The van der Waals surface area contributed by atoms with Gasteiger partial charge in [0, 0.05) is 5.56 Å². The van der Waals surface area contributed by atoms with Crippen LogP contribution >= 0.6 is 11.6 Å². The maximum atomic E-state index is 14.8. The first-order valence-corrected chi connectivity index (χ1v) is 9.17. The molecule has 3 rings (SSSR count). The Morgan fingerprint density at radius 1 is 1.16 bits per heavy atom. The van der Waals surface area contributed by atoms with Gasteiger partial charge in [-0.2, -0.15) is 13.2 Å². The Morgan fingerprint density at radius 2 is 1.91 bits per heavy atom. The summed E-state index contributed by atoms with van der Waals surface area (Å²) in [6.45, 7) is -2.29. The number of aliphatic hydroxyl groups excluding tert-OH is 1. The van der Waals surface area contributed by atoms with Crippen molar-refractivity contribution >= 4 is 23.2 Å². The Balaban J connectivity index is 2.05. The molecule has 0 saturated heterocycles. The lowest BCUT2D eigenvalue weighted by atomic mass is 10.1. The SMILES string of the molecule is O=C(Nc1c(F)cccc1Cl)c1cc(F)c(-c2cncc(CO)n2)cc1OCC(F)(F)F. The summed E-state index contributed by atoms with van der Waals surface area (Å²) in [6.07, 6.45) is -2.43. The Kier molecular flexibility index (Phi) is 6.90. The van der Waals surface area contributed by atoms with Crippen LogP contribution in [0.15, 0.2) is 42.7 Å². The summed E-state index contributed by atoms with van der Waals surface area (Å²) in [7, 11) is 0. The maximum absolute atomic E-state index is 14.8. The highest BCUT2D eigenvalue weighted by molar-refractivity contribution is 6.34. The van der Waals surface area contributed by atoms with E-state index in [0.717, 1.165) is 18.3 Å². The molecule has 2 N–H and O–H groups in total. The minimum Gasteiger partial charge on any atom is -0.483 e. The van der Waals surface area contributed by atoms with Crippen molar-refractivity contribution in [3.05, 3.63) is 70.6 Å².